The fourth-order valence-electron chi connectivity index (χ4n) is 2.92. The van der Waals surface area contributed by atoms with Crippen LogP contribution >= 0.6 is 0 Å². The average Bonchev–Trinajstić information content (AvgIpc) is 2.60. The van der Waals surface area contributed by atoms with E-state index in [4.69, 9.17) is 9.47 Å². The molecule has 2 aromatic carbocycles. The molecule has 0 bridgehead atoms. The van der Waals surface area contributed by atoms with E-state index in [-0.39, 0.29) is 11.8 Å². The first-order valence-corrected chi connectivity index (χ1v) is 8.44. The SMILES string of the molecule is COc1ccccc1CN(C)C(=O)c1cc(C(C)C)c(OC)cc1C. The van der Waals surface area contributed by atoms with Crippen LogP contribution in [-0.4, -0.2) is 32.1 Å². The van der Waals surface area contributed by atoms with Gasteiger partial charge in [-0.15, -0.1) is 0 Å². The van der Waals surface area contributed by atoms with Gasteiger partial charge in [0.2, 0.25) is 0 Å². The maximum absolute atomic E-state index is 13.0. The minimum Gasteiger partial charge on any atom is -0.496 e. The molecule has 0 heterocycles. The smallest absolute Gasteiger partial charge is 0.254 e. The molecule has 0 unspecified atom stereocenters. The second kappa shape index (κ2) is 8.06. The zero-order valence-electron chi connectivity index (χ0n) is 15.9. The fourth-order valence-corrected chi connectivity index (χ4v) is 2.92. The summed E-state index contributed by atoms with van der Waals surface area (Å²) < 4.78 is 10.8. The van der Waals surface area contributed by atoms with Gasteiger partial charge in [0.05, 0.1) is 14.2 Å². The molecule has 4 nitrogen and oxygen atoms in total. The first kappa shape index (κ1) is 18.8. The topological polar surface area (TPSA) is 38.8 Å². The lowest BCUT2D eigenvalue weighted by atomic mass is 9.96. The number of para-hydroxylation sites is 1. The maximum atomic E-state index is 13.0. The van der Waals surface area contributed by atoms with Gasteiger partial charge in [0.15, 0.2) is 0 Å². The quantitative estimate of drug-likeness (QED) is 0.781. The lowest BCUT2D eigenvalue weighted by Gasteiger charge is -2.21. The van der Waals surface area contributed by atoms with Gasteiger partial charge in [0.25, 0.3) is 5.91 Å². The van der Waals surface area contributed by atoms with Crippen molar-refractivity contribution in [3.05, 3.63) is 58.7 Å². The second-order valence-corrected chi connectivity index (χ2v) is 6.54. The third-order valence-electron chi connectivity index (χ3n) is 4.38. The molecule has 0 saturated carbocycles. The Morgan fingerprint density at radius 3 is 2.32 bits per heavy atom. The van der Waals surface area contributed by atoms with Crippen LogP contribution < -0.4 is 9.47 Å². The zero-order valence-corrected chi connectivity index (χ0v) is 15.9. The van der Waals surface area contributed by atoms with E-state index in [1.54, 1.807) is 19.1 Å². The molecule has 25 heavy (non-hydrogen) atoms. The van der Waals surface area contributed by atoms with Gasteiger partial charge < -0.3 is 14.4 Å². The number of ether oxygens (including phenoxy) is 2. The number of benzene rings is 2. The van der Waals surface area contributed by atoms with E-state index in [1.807, 2.05) is 50.4 Å². The summed E-state index contributed by atoms with van der Waals surface area (Å²) in [6.45, 7) is 6.63. The molecule has 0 aliphatic rings. The Kier molecular flexibility index (Phi) is 6.07. The molecule has 4 heteroatoms. The van der Waals surface area contributed by atoms with Crippen LogP contribution in [0.25, 0.3) is 0 Å². The number of carbonyl (C=O) groups is 1. The summed E-state index contributed by atoms with van der Waals surface area (Å²) in [4.78, 5) is 14.7. The lowest BCUT2D eigenvalue weighted by Crippen LogP contribution is -2.27. The summed E-state index contributed by atoms with van der Waals surface area (Å²) in [6, 6.07) is 11.7. The molecular formula is C21H27NO3. The third-order valence-corrected chi connectivity index (χ3v) is 4.38. The van der Waals surface area contributed by atoms with Crippen LogP contribution in [0.15, 0.2) is 36.4 Å². The molecule has 2 rings (SSSR count). The van der Waals surface area contributed by atoms with Crippen LogP contribution in [0.2, 0.25) is 0 Å². The van der Waals surface area contributed by atoms with Crippen LogP contribution in [-0.2, 0) is 6.54 Å². The summed E-state index contributed by atoms with van der Waals surface area (Å²) in [7, 11) is 5.12. The number of methoxy groups -OCH3 is 2. The predicted octanol–water partition coefficient (Wildman–Crippen LogP) is 4.41. The molecule has 0 saturated heterocycles. The number of aryl methyl sites for hydroxylation is 1. The maximum Gasteiger partial charge on any atom is 0.254 e. The van der Waals surface area contributed by atoms with Gasteiger partial charge in [-0.3, -0.25) is 4.79 Å². The van der Waals surface area contributed by atoms with E-state index in [0.29, 0.717) is 12.1 Å². The summed E-state index contributed by atoms with van der Waals surface area (Å²) in [5.41, 5.74) is 3.65. The van der Waals surface area contributed by atoms with E-state index in [1.165, 1.54) is 0 Å². The first-order chi connectivity index (χ1) is 11.9. The standard InChI is InChI=1S/C21H27NO3/c1-14(2)17-12-18(15(3)11-20(17)25-6)21(23)22(4)13-16-9-7-8-10-19(16)24-5/h7-12,14H,13H2,1-6H3. The van der Waals surface area contributed by atoms with Crippen molar-refractivity contribution in [2.45, 2.75) is 33.2 Å². The van der Waals surface area contributed by atoms with Crippen LogP contribution in [0.5, 0.6) is 11.5 Å². The van der Waals surface area contributed by atoms with Gasteiger partial charge in [-0.1, -0.05) is 32.0 Å². The Bertz CT molecular complexity index is 753. The minimum absolute atomic E-state index is 0.00652. The van der Waals surface area contributed by atoms with Crippen molar-refractivity contribution in [1.82, 2.24) is 4.90 Å². The van der Waals surface area contributed by atoms with Gasteiger partial charge in [-0.05, 0) is 42.2 Å². The van der Waals surface area contributed by atoms with Gasteiger partial charge >= 0.3 is 0 Å². The van der Waals surface area contributed by atoms with Crippen molar-refractivity contribution in [2.75, 3.05) is 21.3 Å². The van der Waals surface area contributed by atoms with Crippen molar-refractivity contribution >= 4 is 5.91 Å². The molecule has 0 aliphatic carbocycles. The molecule has 0 fully saturated rings. The van der Waals surface area contributed by atoms with Gasteiger partial charge in [-0.25, -0.2) is 0 Å². The van der Waals surface area contributed by atoms with Crippen LogP contribution in [0.4, 0.5) is 0 Å². The van der Waals surface area contributed by atoms with Crippen LogP contribution in [0.3, 0.4) is 0 Å². The molecule has 0 aliphatic heterocycles. The van der Waals surface area contributed by atoms with Crippen molar-refractivity contribution in [3.8, 4) is 11.5 Å². The minimum atomic E-state index is -0.00652. The highest BCUT2D eigenvalue weighted by Crippen LogP contribution is 2.30. The number of hydrogen-bond acceptors (Lipinski definition) is 3. The van der Waals surface area contributed by atoms with E-state index in [9.17, 15) is 4.79 Å². The highest BCUT2D eigenvalue weighted by molar-refractivity contribution is 5.96. The largest absolute Gasteiger partial charge is 0.496 e. The number of nitrogens with zero attached hydrogens (tertiary/aromatic N) is 1. The molecule has 0 atom stereocenters. The zero-order chi connectivity index (χ0) is 18.6. The van der Waals surface area contributed by atoms with Crippen LogP contribution in [0.1, 0.15) is 46.8 Å². The lowest BCUT2D eigenvalue weighted by molar-refractivity contribution is 0.0783. The second-order valence-electron chi connectivity index (χ2n) is 6.54. The monoisotopic (exact) mass is 341 g/mol. The summed E-state index contributed by atoms with van der Waals surface area (Å²) in [6.07, 6.45) is 0. The Balaban J connectivity index is 2.32. The Morgan fingerprint density at radius 2 is 1.72 bits per heavy atom. The molecule has 2 aromatic rings. The molecule has 0 radical (unpaired) electrons. The average molecular weight is 341 g/mol. The fraction of sp³-hybridized carbons (Fsp3) is 0.381. The van der Waals surface area contributed by atoms with Crippen molar-refractivity contribution in [1.29, 1.82) is 0 Å². The van der Waals surface area contributed by atoms with Gasteiger partial charge in [0, 0.05) is 24.7 Å². The number of rotatable bonds is 6. The highest BCUT2D eigenvalue weighted by Gasteiger charge is 2.19. The summed E-state index contributed by atoms with van der Waals surface area (Å²) >= 11 is 0. The summed E-state index contributed by atoms with van der Waals surface area (Å²) in [5.74, 6) is 1.89. The van der Waals surface area contributed by atoms with E-state index in [0.717, 1.165) is 28.2 Å². The number of hydrogen-bond donors (Lipinski definition) is 0. The molecule has 1 amide bonds. The molecule has 0 N–H and O–H groups in total. The Labute approximate surface area is 150 Å². The molecule has 0 aromatic heterocycles. The van der Waals surface area contributed by atoms with Crippen LogP contribution in [0, 0.1) is 6.92 Å². The van der Waals surface area contributed by atoms with Gasteiger partial charge in [0.1, 0.15) is 11.5 Å². The first-order valence-electron chi connectivity index (χ1n) is 8.44. The highest BCUT2D eigenvalue weighted by atomic mass is 16.5. The number of amides is 1. The molecule has 0 spiro atoms. The predicted molar refractivity (Wildman–Crippen MR) is 101 cm³/mol. The summed E-state index contributed by atoms with van der Waals surface area (Å²) in [5, 5.41) is 0. The van der Waals surface area contributed by atoms with Crippen molar-refractivity contribution in [3.63, 3.8) is 0 Å². The van der Waals surface area contributed by atoms with Crippen molar-refractivity contribution < 1.29 is 14.3 Å². The molecular weight excluding hydrogens is 314 g/mol. The molecule has 134 valence electrons. The van der Waals surface area contributed by atoms with E-state index >= 15 is 0 Å². The van der Waals surface area contributed by atoms with E-state index in [2.05, 4.69) is 13.8 Å². The Morgan fingerprint density at radius 1 is 1.08 bits per heavy atom. The van der Waals surface area contributed by atoms with Crippen molar-refractivity contribution in [2.24, 2.45) is 0 Å². The number of carbonyl (C=O) groups excluding carboxylic acids is 1. The third kappa shape index (κ3) is 4.13. The van der Waals surface area contributed by atoms with Gasteiger partial charge in [-0.2, -0.15) is 0 Å². The Hall–Kier alpha value is -2.49. The van der Waals surface area contributed by atoms with E-state index < -0.39 is 0 Å². The normalized spacial score (nSPS) is 10.7.